The van der Waals surface area contributed by atoms with Crippen LogP contribution in [0, 0.1) is 0 Å². The van der Waals surface area contributed by atoms with E-state index in [9.17, 15) is 18.0 Å². The van der Waals surface area contributed by atoms with Gasteiger partial charge in [-0.3, -0.25) is 13.9 Å². The number of benzene rings is 3. The zero-order chi connectivity index (χ0) is 30.2. The van der Waals surface area contributed by atoms with E-state index in [1.54, 1.807) is 24.3 Å². The smallest absolute Gasteiger partial charge is 0.244 e. The van der Waals surface area contributed by atoms with Crippen molar-refractivity contribution in [1.29, 1.82) is 0 Å². The molecule has 0 bridgehead atoms. The van der Waals surface area contributed by atoms with Gasteiger partial charge in [0.05, 0.1) is 27.0 Å². The molecule has 7 nitrogen and oxygen atoms in total. The average Bonchev–Trinajstić information content (AvgIpc) is 2.92. The largest absolute Gasteiger partial charge is 0.354 e. The van der Waals surface area contributed by atoms with Crippen molar-refractivity contribution in [1.82, 2.24) is 10.2 Å². The van der Waals surface area contributed by atoms with Crippen LogP contribution in [0.3, 0.4) is 0 Å². The molecule has 12 heteroatoms. The predicted octanol–water partition coefficient (Wildman–Crippen LogP) is 6.62. The van der Waals surface area contributed by atoms with Crippen molar-refractivity contribution in [2.24, 2.45) is 0 Å². The van der Waals surface area contributed by atoms with Crippen LogP contribution in [0.5, 0.6) is 0 Å². The normalized spacial score (nSPS) is 12.0. The fourth-order valence-electron chi connectivity index (χ4n) is 4.17. The minimum Gasteiger partial charge on any atom is -0.354 e. The highest BCUT2D eigenvalue weighted by molar-refractivity contribution is 7.92. The molecule has 0 saturated carbocycles. The van der Waals surface area contributed by atoms with Crippen LogP contribution in [-0.2, 0) is 32.6 Å². The maximum atomic E-state index is 14.1. The van der Waals surface area contributed by atoms with Crippen LogP contribution in [0.15, 0.2) is 66.7 Å². The second-order valence-corrected chi connectivity index (χ2v) is 13.0. The Bertz CT molecular complexity index is 1470. The third-order valence-corrected chi connectivity index (χ3v) is 8.86. The highest BCUT2D eigenvalue weighted by Gasteiger charge is 2.34. The van der Waals surface area contributed by atoms with E-state index in [1.165, 1.54) is 17.0 Å². The van der Waals surface area contributed by atoms with Crippen molar-refractivity contribution >= 4 is 73.9 Å². The number of hydrogen-bond acceptors (Lipinski definition) is 4. The quantitative estimate of drug-likeness (QED) is 0.165. The summed E-state index contributed by atoms with van der Waals surface area (Å²) in [6.45, 7) is 1.76. The van der Waals surface area contributed by atoms with E-state index in [1.807, 2.05) is 37.3 Å². The number of halogens is 4. The molecule has 0 radical (unpaired) electrons. The lowest BCUT2D eigenvalue weighted by atomic mass is 10.0. The van der Waals surface area contributed by atoms with Crippen molar-refractivity contribution < 1.29 is 18.0 Å². The van der Waals surface area contributed by atoms with Crippen LogP contribution in [0.2, 0.25) is 20.1 Å². The Hall–Kier alpha value is -2.49. The summed E-state index contributed by atoms with van der Waals surface area (Å²) in [4.78, 5) is 29.1. The molecular formula is C29H31Cl4N3O4S. The number of nitrogens with zero attached hydrogens (tertiary/aromatic N) is 2. The lowest BCUT2D eigenvalue weighted by molar-refractivity contribution is -0.140. The molecule has 0 spiro atoms. The van der Waals surface area contributed by atoms with Crippen molar-refractivity contribution in [2.45, 2.75) is 38.8 Å². The number of anilines is 1. The fourth-order valence-corrected chi connectivity index (χ4v) is 5.91. The lowest BCUT2D eigenvalue weighted by Gasteiger charge is -2.34. The van der Waals surface area contributed by atoms with Gasteiger partial charge in [0.15, 0.2) is 0 Å². The molecule has 0 saturated heterocycles. The molecule has 3 aromatic rings. The van der Waals surface area contributed by atoms with Crippen LogP contribution < -0.4 is 9.62 Å². The maximum Gasteiger partial charge on any atom is 0.244 e. The van der Waals surface area contributed by atoms with Crippen LogP contribution in [0.25, 0.3) is 0 Å². The molecular weight excluding hydrogens is 628 g/mol. The molecule has 220 valence electrons. The lowest BCUT2D eigenvalue weighted by Crippen LogP contribution is -2.53. The Labute approximate surface area is 261 Å². The van der Waals surface area contributed by atoms with Crippen molar-refractivity contribution in [2.75, 3.05) is 23.7 Å². The summed E-state index contributed by atoms with van der Waals surface area (Å²) in [5, 5.41) is 3.52. The van der Waals surface area contributed by atoms with Gasteiger partial charge in [0.25, 0.3) is 0 Å². The van der Waals surface area contributed by atoms with Gasteiger partial charge < -0.3 is 10.2 Å². The summed E-state index contributed by atoms with van der Waals surface area (Å²) in [6.07, 6.45) is 2.79. The number of rotatable bonds is 13. The van der Waals surface area contributed by atoms with Crippen molar-refractivity contribution in [3.05, 3.63) is 97.9 Å². The van der Waals surface area contributed by atoms with Gasteiger partial charge in [-0.15, -0.1) is 0 Å². The molecule has 1 atom stereocenters. The van der Waals surface area contributed by atoms with E-state index < -0.39 is 28.5 Å². The molecule has 0 fully saturated rings. The summed E-state index contributed by atoms with van der Waals surface area (Å²) in [7, 11) is -4.03. The molecule has 1 N–H and O–H groups in total. The first kappa shape index (κ1) is 33.0. The van der Waals surface area contributed by atoms with Crippen molar-refractivity contribution in [3.63, 3.8) is 0 Å². The first-order valence-electron chi connectivity index (χ1n) is 12.9. The Morgan fingerprint density at radius 3 is 2.15 bits per heavy atom. The number of sulfonamides is 1. The Kier molecular flexibility index (Phi) is 12.2. The van der Waals surface area contributed by atoms with Gasteiger partial charge in [0.2, 0.25) is 21.8 Å². The van der Waals surface area contributed by atoms with E-state index in [0.29, 0.717) is 17.1 Å². The monoisotopic (exact) mass is 657 g/mol. The summed E-state index contributed by atoms with van der Waals surface area (Å²) in [5.74, 6) is -0.995. The summed E-state index contributed by atoms with van der Waals surface area (Å²) >= 11 is 25.0. The molecule has 3 aromatic carbocycles. The molecule has 0 aliphatic carbocycles. The highest BCUT2D eigenvalue weighted by Crippen LogP contribution is 2.36. The van der Waals surface area contributed by atoms with Crippen molar-refractivity contribution in [3.8, 4) is 0 Å². The Balaban J connectivity index is 2.08. The minimum atomic E-state index is -4.03. The average molecular weight is 659 g/mol. The number of carbonyl (C=O) groups excluding carboxylic acids is 2. The number of amides is 2. The predicted molar refractivity (Wildman–Crippen MR) is 168 cm³/mol. The van der Waals surface area contributed by atoms with E-state index in [2.05, 4.69) is 5.32 Å². The third kappa shape index (κ3) is 9.25. The van der Waals surface area contributed by atoms with Crippen LogP contribution >= 0.6 is 46.4 Å². The Morgan fingerprint density at radius 2 is 1.51 bits per heavy atom. The van der Waals surface area contributed by atoms with Crippen LogP contribution in [-0.4, -0.2) is 50.5 Å². The molecule has 2 amide bonds. The van der Waals surface area contributed by atoms with Gasteiger partial charge in [-0.25, -0.2) is 8.42 Å². The standard InChI is InChI=1S/C29H31Cl4N3O4S/c1-3-4-14-34-29(38)27(15-20-10-6-5-7-11-20)35(18-21-12-8-9-13-22(21)30)28(37)19-36(41(2,39)40)26-17-24(32)23(31)16-25(26)33/h5-13,16-17,27H,3-4,14-15,18-19H2,1-2H3,(H,34,38). The first-order chi connectivity index (χ1) is 19.4. The van der Waals surface area contributed by atoms with E-state index in [4.69, 9.17) is 46.4 Å². The molecule has 3 rings (SSSR count). The number of unbranched alkanes of at least 4 members (excludes halogenated alkanes) is 1. The summed E-state index contributed by atoms with van der Waals surface area (Å²) < 4.78 is 26.7. The van der Waals surface area contributed by atoms with Gasteiger partial charge in [0.1, 0.15) is 12.6 Å². The third-order valence-electron chi connectivity index (χ3n) is 6.34. The minimum absolute atomic E-state index is 0.00609. The highest BCUT2D eigenvalue weighted by atomic mass is 35.5. The molecule has 0 aromatic heterocycles. The second-order valence-electron chi connectivity index (χ2n) is 9.45. The van der Waals surface area contributed by atoms with Gasteiger partial charge >= 0.3 is 0 Å². The Morgan fingerprint density at radius 1 is 0.878 bits per heavy atom. The number of hydrogen-bond donors (Lipinski definition) is 1. The van der Waals surface area contributed by atoms with Gasteiger partial charge in [0, 0.05) is 24.5 Å². The number of carbonyl (C=O) groups is 2. The SMILES string of the molecule is CCCCNC(=O)C(Cc1ccccc1)N(Cc1ccccc1Cl)C(=O)CN(c1cc(Cl)c(Cl)cc1Cl)S(C)(=O)=O. The summed E-state index contributed by atoms with van der Waals surface area (Å²) in [5.41, 5.74) is 1.41. The first-order valence-corrected chi connectivity index (χ1v) is 16.2. The second kappa shape index (κ2) is 15.1. The zero-order valence-electron chi connectivity index (χ0n) is 22.6. The van der Waals surface area contributed by atoms with E-state index in [0.717, 1.165) is 29.0 Å². The molecule has 0 aliphatic heterocycles. The van der Waals surface area contributed by atoms with E-state index >= 15 is 0 Å². The fraction of sp³-hybridized carbons (Fsp3) is 0.310. The van der Waals surface area contributed by atoms with Gasteiger partial charge in [-0.2, -0.15) is 0 Å². The van der Waals surface area contributed by atoms with Gasteiger partial charge in [-0.05, 0) is 35.7 Å². The molecule has 0 heterocycles. The maximum absolute atomic E-state index is 14.1. The zero-order valence-corrected chi connectivity index (χ0v) is 26.5. The topological polar surface area (TPSA) is 86.8 Å². The summed E-state index contributed by atoms with van der Waals surface area (Å²) in [6, 6.07) is 17.9. The van der Waals surface area contributed by atoms with Crippen LogP contribution in [0.1, 0.15) is 30.9 Å². The molecule has 41 heavy (non-hydrogen) atoms. The van der Waals surface area contributed by atoms with Gasteiger partial charge in [-0.1, -0.05) is 108 Å². The molecule has 1 unspecified atom stereocenters. The number of nitrogens with one attached hydrogen (secondary N) is 1. The van der Waals surface area contributed by atoms with Crippen LogP contribution in [0.4, 0.5) is 5.69 Å². The van der Waals surface area contributed by atoms with E-state index in [-0.39, 0.29) is 39.6 Å². The molecule has 0 aliphatic rings.